The fourth-order valence-corrected chi connectivity index (χ4v) is 3.38. The molecule has 3 heteroatoms. The monoisotopic (exact) mass is 274 g/mol. The largest absolute Gasteiger partial charge is 0.383 e. The van der Waals surface area contributed by atoms with Gasteiger partial charge in [-0.15, -0.1) is 0 Å². The van der Waals surface area contributed by atoms with E-state index in [4.69, 9.17) is 4.74 Å². The highest BCUT2D eigenvalue weighted by Crippen LogP contribution is 2.38. The van der Waals surface area contributed by atoms with Gasteiger partial charge in [-0.2, -0.15) is 0 Å². The predicted molar refractivity (Wildman–Crippen MR) is 81.8 cm³/mol. The molecule has 110 valence electrons. The molecule has 0 radical (unpaired) electrons. The van der Waals surface area contributed by atoms with E-state index >= 15 is 0 Å². The minimum absolute atomic E-state index is 0.0746. The molecule has 2 unspecified atom stereocenters. The molecule has 1 saturated heterocycles. The van der Waals surface area contributed by atoms with Crippen molar-refractivity contribution in [3.8, 4) is 0 Å². The Balaban J connectivity index is 1.79. The van der Waals surface area contributed by atoms with Gasteiger partial charge >= 0.3 is 0 Å². The van der Waals surface area contributed by atoms with Crippen molar-refractivity contribution in [3.63, 3.8) is 0 Å². The highest BCUT2D eigenvalue weighted by molar-refractivity contribution is 5.25. The number of rotatable bonds is 5. The molecule has 1 saturated carbocycles. The Morgan fingerprint density at radius 3 is 2.70 bits per heavy atom. The van der Waals surface area contributed by atoms with E-state index in [9.17, 15) is 0 Å². The van der Waals surface area contributed by atoms with Crippen LogP contribution >= 0.6 is 0 Å². The molecule has 1 heterocycles. The number of hydrogen-bond acceptors (Lipinski definition) is 3. The summed E-state index contributed by atoms with van der Waals surface area (Å²) in [5.74, 6) is 0.903. The summed E-state index contributed by atoms with van der Waals surface area (Å²) < 4.78 is 5.32. The predicted octanol–water partition coefficient (Wildman–Crippen LogP) is 2.23. The van der Waals surface area contributed by atoms with Crippen molar-refractivity contribution in [1.29, 1.82) is 0 Å². The van der Waals surface area contributed by atoms with Crippen LogP contribution in [0.1, 0.15) is 25.3 Å². The number of nitrogens with zero attached hydrogens (tertiary/aromatic N) is 1. The number of ether oxygens (including phenoxy) is 1. The maximum Gasteiger partial charge on any atom is 0.0590 e. The van der Waals surface area contributed by atoms with Crippen LogP contribution in [0.2, 0.25) is 0 Å². The zero-order valence-electron chi connectivity index (χ0n) is 12.6. The van der Waals surface area contributed by atoms with Crippen molar-refractivity contribution in [2.45, 2.75) is 31.3 Å². The van der Waals surface area contributed by atoms with Gasteiger partial charge in [-0.1, -0.05) is 30.3 Å². The van der Waals surface area contributed by atoms with Gasteiger partial charge in [-0.25, -0.2) is 0 Å². The van der Waals surface area contributed by atoms with Gasteiger partial charge in [0.15, 0.2) is 0 Å². The summed E-state index contributed by atoms with van der Waals surface area (Å²) >= 11 is 0. The summed E-state index contributed by atoms with van der Waals surface area (Å²) in [6.07, 6.45) is 2.80. The van der Waals surface area contributed by atoms with E-state index in [0.717, 1.165) is 32.2 Å². The first-order valence-electron chi connectivity index (χ1n) is 7.77. The Morgan fingerprint density at radius 2 is 2.05 bits per heavy atom. The topological polar surface area (TPSA) is 24.5 Å². The molecule has 3 nitrogen and oxygen atoms in total. The number of methoxy groups -OCH3 is 1. The van der Waals surface area contributed by atoms with Crippen LogP contribution in [0.4, 0.5) is 0 Å². The molecule has 2 atom stereocenters. The summed E-state index contributed by atoms with van der Waals surface area (Å²) in [6, 6.07) is 11.5. The van der Waals surface area contributed by atoms with Gasteiger partial charge < -0.3 is 10.1 Å². The number of benzene rings is 1. The van der Waals surface area contributed by atoms with Crippen molar-refractivity contribution in [2.75, 3.05) is 33.4 Å². The molecule has 2 aliphatic rings. The Bertz CT molecular complexity index is 432. The zero-order valence-corrected chi connectivity index (χ0v) is 12.6. The maximum absolute atomic E-state index is 5.32. The van der Waals surface area contributed by atoms with Crippen molar-refractivity contribution >= 4 is 0 Å². The van der Waals surface area contributed by atoms with Gasteiger partial charge in [0.05, 0.1) is 12.1 Å². The molecule has 1 aliphatic heterocycles. The number of piperazine rings is 1. The molecule has 1 aliphatic carbocycles. The van der Waals surface area contributed by atoms with Crippen molar-refractivity contribution in [1.82, 2.24) is 10.2 Å². The SMILES string of the molecule is COCCN1CC(C2CC2)NCC1(C)c1ccccc1. The number of nitrogens with one attached hydrogen (secondary N) is 1. The molecule has 1 aromatic rings. The van der Waals surface area contributed by atoms with E-state index in [1.54, 1.807) is 7.11 Å². The quantitative estimate of drug-likeness (QED) is 0.891. The Labute approximate surface area is 122 Å². The molecule has 0 bridgehead atoms. The van der Waals surface area contributed by atoms with Crippen molar-refractivity contribution in [2.24, 2.45) is 5.92 Å². The highest BCUT2D eigenvalue weighted by atomic mass is 16.5. The van der Waals surface area contributed by atoms with Crippen molar-refractivity contribution in [3.05, 3.63) is 35.9 Å². The fraction of sp³-hybridized carbons (Fsp3) is 0.647. The molecule has 3 rings (SSSR count). The van der Waals surface area contributed by atoms with E-state index in [-0.39, 0.29) is 5.54 Å². The zero-order chi connectivity index (χ0) is 14.0. The molecule has 0 aromatic heterocycles. The normalized spacial score (nSPS) is 31.4. The molecule has 20 heavy (non-hydrogen) atoms. The molecule has 0 amide bonds. The molecule has 1 N–H and O–H groups in total. The minimum atomic E-state index is 0.0746. The molecule has 1 aromatic carbocycles. The molecular formula is C17H26N2O. The Hall–Kier alpha value is -0.900. The summed E-state index contributed by atoms with van der Waals surface area (Å²) in [4.78, 5) is 2.62. The third kappa shape index (κ3) is 2.76. The van der Waals surface area contributed by atoms with Gasteiger partial charge in [0.25, 0.3) is 0 Å². The minimum Gasteiger partial charge on any atom is -0.383 e. The second kappa shape index (κ2) is 5.84. The van der Waals surface area contributed by atoms with Crippen LogP contribution in [0.5, 0.6) is 0 Å². The average molecular weight is 274 g/mol. The van der Waals surface area contributed by atoms with E-state index in [2.05, 4.69) is 47.5 Å². The second-order valence-electron chi connectivity index (χ2n) is 6.40. The first kappa shape index (κ1) is 14.1. The van der Waals surface area contributed by atoms with Crippen LogP contribution in [-0.4, -0.2) is 44.3 Å². The lowest BCUT2D eigenvalue weighted by molar-refractivity contribution is 0.0226. The Morgan fingerprint density at radius 1 is 1.30 bits per heavy atom. The van der Waals surface area contributed by atoms with E-state index < -0.39 is 0 Å². The van der Waals surface area contributed by atoms with Gasteiger partial charge in [-0.3, -0.25) is 4.90 Å². The second-order valence-corrected chi connectivity index (χ2v) is 6.40. The first-order valence-corrected chi connectivity index (χ1v) is 7.77. The molecule has 0 spiro atoms. The Kier molecular flexibility index (Phi) is 4.11. The van der Waals surface area contributed by atoms with Crippen LogP contribution in [0.3, 0.4) is 0 Å². The summed E-state index contributed by atoms with van der Waals surface area (Å²) in [6.45, 7) is 6.34. The lowest BCUT2D eigenvalue weighted by Gasteiger charge is -2.48. The molecule has 2 fully saturated rings. The highest BCUT2D eigenvalue weighted by Gasteiger charge is 2.43. The molecular weight excluding hydrogens is 248 g/mol. The van der Waals surface area contributed by atoms with Gasteiger partial charge in [-0.05, 0) is 31.2 Å². The summed E-state index contributed by atoms with van der Waals surface area (Å²) in [5, 5.41) is 3.79. The third-order valence-electron chi connectivity index (χ3n) is 4.98. The van der Waals surface area contributed by atoms with Crippen molar-refractivity contribution < 1.29 is 4.74 Å². The fourth-order valence-electron chi connectivity index (χ4n) is 3.38. The maximum atomic E-state index is 5.32. The van der Waals surface area contributed by atoms with E-state index in [0.29, 0.717) is 6.04 Å². The van der Waals surface area contributed by atoms with Gasteiger partial charge in [0.1, 0.15) is 0 Å². The third-order valence-corrected chi connectivity index (χ3v) is 4.98. The lowest BCUT2D eigenvalue weighted by atomic mass is 9.86. The smallest absolute Gasteiger partial charge is 0.0590 e. The lowest BCUT2D eigenvalue weighted by Crippen LogP contribution is -2.62. The number of hydrogen-bond donors (Lipinski definition) is 1. The summed E-state index contributed by atoms with van der Waals surface area (Å²) in [7, 11) is 1.79. The van der Waals surface area contributed by atoms with E-state index in [1.165, 1.54) is 18.4 Å². The first-order chi connectivity index (χ1) is 9.74. The van der Waals surface area contributed by atoms with E-state index in [1.807, 2.05) is 0 Å². The van der Waals surface area contributed by atoms with Crippen LogP contribution < -0.4 is 5.32 Å². The van der Waals surface area contributed by atoms with Gasteiger partial charge in [0.2, 0.25) is 0 Å². The van der Waals surface area contributed by atoms with Gasteiger partial charge in [0, 0.05) is 32.8 Å². The van der Waals surface area contributed by atoms with Crippen LogP contribution in [0.25, 0.3) is 0 Å². The average Bonchev–Trinajstić information content (AvgIpc) is 3.32. The summed E-state index contributed by atoms with van der Waals surface area (Å²) in [5.41, 5.74) is 1.48. The van der Waals surface area contributed by atoms with Crippen LogP contribution in [-0.2, 0) is 10.3 Å². The standard InChI is InChI=1S/C17H26N2O/c1-17(15-6-4-3-5-7-15)13-18-16(14-8-9-14)12-19(17)10-11-20-2/h3-7,14,16,18H,8-13H2,1-2H3. The van der Waals surface area contributed by atoms with Crippen LogP contribution in [0, 0.1) is 5.92 Å². The van der Waals surface area contributed by atoms with Crippen LogP contribution in [0.15, 0.2) is 30.3 Å².